The number of nitrogens with zero attached hydrogens (tertiary/aromatic N) is 3. The van der Waals surface area contributed by atoms with Gasteiger partial charge in [-0.15, -0.1) is 5.10 Å². The minimum Gasteiger partial charge on any atom is -0.398 e. The molecule has 1 atom stereocenters. The number of hydrogen-bond donors (Lipinski definition) is 2. The van der Waals surface area contributed by atoms with Crippen LogP contribution in [0.2, 0.25) is 0 Å². The first-order valence-corrected chi connectivity index (χ1v) is 6.17. The lowest BCUT2D eigenvalue weighted by Crippen LogP contribution is -2.38. The molecule has 2 heterocycles. The van der Waals surface area contributed by atoms with Crippen molar-refractivity contribution in [3.63, 3.8) is 0 Å². The highest BCUT2D eigenvalue weighted by Crippen LogP contribution is 2.38. The fourth-order valence-electron chi connectivity index (χ4n) is 1.90. The van der Waals surface area contributed by atoms with E-state index in [0.29, 0.717) is 16.8 Å². The van der Waals surface area contributed by atoms with Crippen molar-refractivity contribution >= 4 is 17.4 Å². The lowest BCUT2D eigenvalue weighted by atomic mass is 10.2. The highest BCUT2D eigenvalue weighted by Gasteiger charge is 2.27. The van der Waals surface area contributed by atoms with Crippen LogP contribution in [-0.4, -0.2) is 21.5 Å². The van der Waals surface area contributed by atoms with Crippen LogP contribution in [0.4, 0.5) is 5.82 Å². The highest BCUT2D eigenvalue weighted by molar-refractivity contribution is 6.31. The molecule has 1 aromatic heterocycles. The van der Waals surface area contributed by atoms with Gasteiger partial charge < -0.3 is 10.8 Å². The zero-order valence-corrected chi connectivity index (χ0v) is 10.4. The molecule has 0 radical (unpaired) electrons. The van der Waals surface area contributed by atoms with Crippen LogP contribution in [0.5, 0.6) is 0 Å². The third-order valence-corrected chi connectivity index (χ3v) is 3.27. The second-order valence-electron chi connectivity index (χ2n) is 4.53. The van der Waals surface area contributed by atoms with Crippen LogP contribution < -0.4 is 10.6 Å². The van der Waals surface area contributed by atoms with Gasteiger partial charge in [-0.2, -0.15) is 5.10 Å². The molecular formula is C12H13ClN4O. The van der Waals surface area contributed by atoms with Crippen LogP contribution in [0.1, 0.15) is 24.5 Å². The van der Waals surface area contributed by atoms with Crippen molar-refractivity contribution in [3.05, 3.63) is 40.8 Å². The molecule has 18 heavy (non-hydrogen) atoms. The number of allylic oxidation sites excluding steroid dienone is 2. The Morgan fingerprint density at radius 3 is 2.72 bits per heavy atom. The van der Waals surface area contributed by atoms with E-state index in [1.165, 1.54) is 23.8 Å². The van der Waals surface area contributed by atoms with Crippen molar-refractivity contribution in [1.29, 1.82) is 0 Å². The van der Waals surface area contributed by atoms with E-state index in [1.807, 2.05) is 12.1 Å². The molecule has 0 spiro atoms. The second kappa shape index (κ2) is 4.26. The summed E-state index contributed by atoms with van der Waals surface area (Å²) in [6.07, 6.45) is 4.52. The zero-order valence-electron chi connectivity index (χ0n) is 9.62. The van der Waals surface area contributed by atoms with E-state index in [9.17, 15) is 5.11 Å². The number of aliphatic hydroxyl groups is 1. The minimum absolute atomic E-state index is 0.288. The van der Waals surface area contributed by atoms with E-state index < -0.39 is 6.23 Å². The minimum atomic E-state index is -0.950. The van der Waals surface area contributed by atoms with Crippen molar-refractivity contribution in [2.24, 2.45) is 5.73 Å². The van der Waals surface area contributed by atoms with Gasteiger partial charge in [0.15, 0.2) is 12.0 Å². The van der Waals surface area contributed by atoms with Crippen LogP contribution in [0.3, 0.4) is 0 Å². The van der Waals surface area contributed by atoms with Crippen molar-refractivity contribution in [2.45, 2.75) is 25.0 Å². The van der Waals surface area contributed by atoms with E-state index in [4.69, 9.17) is 17.3 Å². The molecular weight excluding hydrogens is 252 g/mol. The van der Waals surface area contributed by atoms with Gasteiger partial charge >= 0.3 is 0 Å². The van der Waals surface area contributed by atoms with Crippen LogP contribution in [0.15, 0.2) is 35.1 Å². The number of halogens is 1. The maximum atomic E-state index is 9.96. The van der Waals surface area contributed by atoms with E-state index in [0.717, 1.165) is 5.69 Å². The maximum absolute atomic E-state index is 9.96. The topological polar surface area (TPSA) is 75.3 Å². The summed E-state index contributed by atoms with van der Waals surface area (Å²) in [6.45, 7) is 0. The summed E-state index contributed by atoms with van der Waals surface area (Å²) in [5.41, 5.74) is 6.97. The van der Waals surface area contributed by atoms with Gasteiger partial charge in [-0.3, -0.25) is 4.90 Å². The van der Waals surface area contributed by atoms with E-state index >= 15 is 0 Å². The molecule has 0 aromatic carbocycles. The molecule has 5 nitrogen and oxygen atoms in total. The quantitative estimate of drug-likeness (QED) is 0.845. The van der Waals surface area contributed by atoms with Crippen LogP contribution >= 0.6 is 11.6 Å². The van der Waals surface area contributed by atoms with Crippen molar-refractivity contribution in [2.75, 3.05) is 4.90 Å². The van der Waals surface area contributed by atoms with Gasteiger partial charge in [-0.05, 0) is 31.1 Å². The molecule has 1 aliphatic carbocycles. The fraction of sp³-hybridized carbons (Fsp3) is 0.333. The Morgan fingerprint density at radius 2 is 2.11 bits per heavy atom. The third-order valence-electron chi connectivity index (χ3n) is 3.06. The summed E-state index contributed by atoms with van der Waals surface area (Å²) in [5.74, 6) is 1.09. The predicted molar refractivity (Wildman–Crippen MR) is 68.7 cm³/mol. The summed E-state index contributed by atoms with van der Waals surface area (Å²) in [7, 11) is 0. The molecule has 3 rings (SSSR count). The molecule has 94 valence electrons. The standard InChI is InChI=1S/C12H13ClN4O/c13-8-5-9(14)12(18)17(6-8)11-4-3-10(15-16-11)7-1-2-7/h3-7,12,18H,1-2,14H2. The first-order chi connectivity index (χ1) is 8.65. The lowest BCUT2D eigenvalue weighted by molar-refractivity contribution is 0.211. The first kappa shape index (κ1) is 11.5. The van der Waals surface area contributed by atoms with E-state index in [1.54, 1.807) is 6.20 Å². The van der Waals surface area contributed by atoms with Crippen LogP contribution in [0, 0.1) is 0 Å². The average molecular weight is 265 g/mol. The molecule has 3 N–H and O–H groups in total. The maximum Gasteiger partial charge on any atom is 0.172 e. The molecule has 6 heteroatoms. The summed E-state index contributed by atoms with van der Waals surface area (Å²) < 4.78 is 0. The van der Waals surface area contributed by atoms with E-state index in [2.05, 4.69) is 10.2 Å². The van der Waals surface area contributed by atoms with Gasteiger partial charge in [0.1, 0.15) is 0 Å². The van der Waals surface area contributed by atoms with Crippen LogP contribution in [0.25, 0.3) is 0 Å². The van der Waals surface area contributed by atoms with Crippen LogP contribution in [-0.2, 0) is 0 Å². The predicted octanol–water partition coefficient (Wildman–Crippen LogP) is 1.42. The Labute approximate surface area is 110 Å². The molecule has 1 saturated carbocycles. The number of nitrogens with two attached hydrogens (primary N) is 1. The number of aliphatic hydroxyl groups excluding tert-OH is 1. The largest absolute Gasteiger partial charge is 0.398 e. The SMILES string of the molecule is NC1=CC(Cl)=CN(c2ccc(C3CC3)nn2)C1O. The Hall–Kier alpha value is -1.59. The Balaban J connectivity index is 1.87. The van der Waals surface area contributed by atoms with Gasteiger partial charge in [-0.25, -0.2) is 0 Å². The number of anilines is 1. The summed E-state index contributed by atoms with van der Waals surface area (Å²) in [5, 5.41) is 18.7. The third kappa shape index (κ3) is 2.07. The smallest absolute Gasteiger partial charge is 0.172 e. The zero-order chi connectivity index (χ0) is 12.7. The molecule has 1 aliphatic heterocycles. The first-order valence-electron chi connectivity index (χ1n) is 5.79. The Kier molecular flexibility index (Phi) is 2.72. The summed E-state index contributed by atoms with van der Waals surface area (Å²) in [4.78, 5) is 1.50. The second-order valence-corrected chi connectivity index (χ2v) is 4.97. The number of aromatic nitrogens is 2. The molecule has 0 bridgehead atoms. The Morgan fingerprint density at radius 1 is 1.33 bits per heavy atom. The molecule has 1 unspecified atom stereocenters. The molecule has 0 saturated heterocycles. The molecule has 2 aliphatic rings. The fourth-order valence-corrected chi connectivity index (χ4v) is 2.13. The molecule has 0 amide bonds. The summed E-state index contributed by atoms with van der Waals surface area (Å²) in [6, 6.07) is 3.76. The van der Waals surface area contributed by atoms with Gasteiger partial charge in [-0.1, -0.05) is 11.6 Å². The van der Waals surface area contributed by atoms with Gasteiger partial charge in [0.25, 0.3) is 0 Å². The van der Waals surface area contributed by atoms with Gasteiger partial charge in [0.05, 0.1) is 16.4 Å². The van der Waals surface area contributed by atoms with Gasteiger partial charge in [0, 0.05) is 12.1 Å². The molecule has 1 fully saturated rings. The van der Waals surface area contributed by atoms with Crippen molar-refractivity contribution < 1.29 is 5.11 Å². The average Bonchev–Trinajstić information content (AvgIpc) is 3.18. The van der Waals surface area contributed by atoms with E-state index in [-0.39, 0.29) is 5.70 Å². The highest BCUT2D eigenvalue weighted by atomic mass is 35.5. The Bertz CT molecular complexity index is 521. The number of hydrogen-bond acceptors (Lipinski definition) is 5. The summed E-state index contributed by atoms with van der Waals surface area (Å²) >= 11 is 5.92. The molecule has 1 aromatic rings. The number of rotatable bonds is 2. The van der Waals surface area contributed by atoms with Crippen molar-refractivity contribution in [3.8, 4) is 0 Å². The van der Waals surface area contributed by atoms with Crippen molar-refractivity contribution in [1.82, 2.24) is 10.2 Å². The normalized spacial score (nSPS) is 23.7. The monoisotopic (exact) mass is 264 g/mol. The lowest BCUT2D eigenvalue weighted by Gasteiger charge is -2.28. The van der Waals surface area contributed by atoms with Gasteiger partial charge in [0.2, 0.25) is 0 Å².